The average molecular weight is 255 g/mol. The molecule has 0 fully saturated rings. The van der Waals surface area contributed by atoms with E-state index in [-0.39, 0.29) is 5.56 Å². The van der Waals surface area contributed by atoms with Crippen LogP contribution in [0.25, 0.3) is 0 Å². The molecule has 0 spiro atoms. The van der Waals surface area contributed by atoms with E-state index < -0.39 is 17.7 Å². The first-order valence-electron chi connectivity index (χ1n) is 5.97. The number of benzene rings is 1. The van der Waals surface area contributed by atoms with Crippen LogP contribution in [0, 0.1) is 11.6 Å². The van der Waals surface area contributed by atoms with Crippen LogP contribution in [0.1, 0.15) is 24.5 Å². The van der Waals surface area contributed by atoms with E-state index in [0.29, 0.717) is 6.54 Å². The average Bonchev–Trinajstić information content (AvgIpc) is 2.28. The van der Waals surface area contributed by atoms with Crippen LogP contribution < -0.4 is 0 Å². The molecule has 0 bridgehead atoms. The van der Waals surface area contributed by atoms with Crippen LogP contribution in [0.4, 0.5) is 8.78 Å². The van der Waals surface area contributed by atoms with Gasteiger partial charge in [-0.25, -0.2) is 8.78 Å². The molecule has 0 heterocycles. The van der Waals surface area contributed by atoms with Crippen molar-refractivity contribution in [3.8, 4) is 0 Å². The van der Waals surface area contributed by atoms with Crippen LogP contribution in [-0.4, -0.2) is 30.1 Å². The molecule has 0 saturated heterocycles. The molecule has 1 atom stereocenters. The quantitative estimate of drug-likeness (QED) is 0.598. The maximum Gasteiger partial charge on any atom is 0.131 e. The first-order valence-corrected chi connectivity index (χ1v) is 5.97. The highest BCUT2D eigenvalue weighted by molar-refractivity contribution is 5.21. The smallest absolute Gasteiger partial charge is 0.131 e. The molecule has 1 N–H and O–H groups in total. The van der Waals surface area contributed by atoms with E-state index in [4.69, 9.17) is 0 Å². The molecule has 0 amide bonds. The highest BCUT2D eigenvalue weighted by atomic mass is 19.1. The minimum Gasteiger partial charge on any atom is -0.387 e. The van der Waals surface area contributed by atoms with Crippen molar-refractivity contribution < 1.29 is 13.9 Å². The number of nitrogens with zero attached hydrogens (tertiary/aromatic N) is 1. The van der Waals surface area contributed by atoms with E-state index in [1.165, 1.54) is 6.07 Å². The lowest BCUT2D eigenvalue weighted by Crippen LogP contribution is -2.26. The van der Waals surface area contributed by atoms with Crippen LogP contribution in [0.3, 0.4) is 0 Å². The lowest BCUT2D eigenvalue weighted by molar-refractivity contribution is 0.123. The van der Waals surface area contributed by atoms with Gasteiger partial charge in [0.15, 0.2) is 0 Å². The van der Waals surface area contributed by atoms with Crippen molar-refractivity contribution in [1.29, 1.82) is 0 Å². The summed E-state index contributed by atoms with van der Waals surface area (Å²) in [5, 5.41) is 9.89. The summed E-state index contributed by atoms with van der Waals surface area (Å²) in [6.07, 6.45) is 2.74. The topological polar surface area (TPSA) is 23.5 Å². The maximum atomic E-state index is 13.4. The molecule has 18 heavy (non-hydrogen) atoms. The molecule has 0 aliphatic carbocycles. The minimum atomic E-state index is -0.945. The fourth-order valence-corrected chi connectivity index (χ4v) is 1.76. The van der Waals surface area contributed by atoms with Gasteiger partial charge in [0.2, 0.25) is 0 Å². The molecular weight excluding hydrogens is 236 g/mol. The molecule has 1 aromatic carbocycles. The number of hydrogen-bond donors (Lipinski definition) is 1. The number of allylic oxidation sites excluding steroid dienone is 1. The van der Waals surface area contributed by atoms with Gasteiger partial charge in [0.05, 0.1) is 6.10 Å². The van der Waals surface area contributed by atoms with Gasteiger partial charge in [0, 0.05) is 18.2 Å². The molecule has 100 valence electrons. The zero-order chi connectivity index (χ0) is 13.5. The van der Waals surface area contributed by atoms with Crippen molar-refractivity contribution in [3.05, 3.63) is 48.1 Å². The molecule has 0 radical (unpaired) electrons. The van der Waals surface area contributed by atoms with Crippen molar-refractivity contribution >= 4 is 0 Å². The van der Waals surface area contributed by atoms with E-state index in [2.05, 4.69) is 6.58 Å². The number of likely N-dealkylation sites (N-methyl/N-ethyl adjacent to an activating group) is 1. The van der Waals surface area contributed by atoms with Crippen LogP contribution in [0.5, 0.6) is 0 Å². The predicted octanol–water partition coefficient (Wildman–Crippen LogP) is 2.90. The van der Waals surface area contributed by atoms with Gasteiger partial charge in [-0.2, -0.15) is 0 Å². The van der Waals surface area contributed by atoms with E-state index in [1.54, 1.807) is 0 Å². The second-order valence-electron chi connectivity index (χ2n) is 4.37. The van der Waals surface area contributed by atoms with Gasteiger partial charge < -0.3 is 10.0 Å². The molecule has 4 heteroatoms. The first-order chi connectivity index (χ1) is 8.54. The molecule has 0 aliphatic heterocycles. The zero-order valence-corrected chi connectivity index (χ0v) is 10.6. The van der Waals surface area contributed by atoms with Gasteiger partial charge in [-0.1, -0.05) is 12.1 Å². The summed E-state index contributed by atoms with van der Waals surface area (Å²) in [6.45, 7) is 4.75. The summed E-state index contributed by atoms with van der Waals surface area (Å²) < 4.78 is 26.2. The molecule has 0 aliphatic rings. The fourth-order valence-electron chi connectivity index (χ4n) is 1.76. The van der Waals surface area contributed by atoms with Gasteiger partial charge in [-0.05, 0) is 32.5 Å². The summed E-state index contributed by atoms with van der Waals surface area (Å²) in [6, 6.07) is 3.22. The van der Waals surface area contributed by atoms with Crippen LogP contribution in [0.2, 0.25) is 0 Å². The van der Waals surface area contributed by atoms with Gasteiger partial charge in [-0.15, -0.1) is 6.58 Å². The molecule has 1 unspecified atom stereocenters. The van der Waals surface area contributed by atoms with Crippen molar-refractivity contribution in [2.24, 2.45) is 0 Å². The highest BCUT2D eigenvalue weighted by Gasteiger charge is 2.15. The van der Waals surface area contributed by atoms with Crippen molar-refractivity contribution in [3.63, 3.8) is 0 Å². The summed E-state index contributed by atoms with van der Waals surface area (Å²) in [7, 11) is 1.85. The minimum absolute atomic E-state index is 0.131. The lowest BCUT2D eigenvalue weighted by atomic mass is 10.1. The summed E-state index contributed by atoms with van der Waals surface area (Å²) in [4.78, 5) is 1.91. The molecular formula is C14H19F2NO. The van der Waals surface area contributed by atoms with Crippen molar-refractivity contribution in [2.75, 3.05) is 20.1 Å². The van der Waals surface area contributed by atoms with Crippen LogP contribution in [0.15, 0.2) is 30.9 Å². The highest BCUT2D eigenvalue weighted by Crippen LogP contribution is 2.18. The third-order valence-electron chi connectivity index (χ3n) is 2.75. The fraction of sp³-hybridized carbons (Fsp3) is 0.429. The Hall–Kier alpha value is -1.26. The summed E-state index contributed by atoms with van der Waals surface area (Å²) in [5.41, 5.74) is 0.131. The van der Waals surface area contributed by atoms with E-state index >= 15 is 0 Å². The van der Waals surface area contributed by atoms with E-state index in [1.807, 2.05) is 18.0 Å². The van der Waals surface area contributed by atoms with Gasteiger partial charge in [0.25, 0.3) is 0 Å². The lowest BCUT2D eigenvalue weighted by Gasteiger charge is -2.20. The largest absolute Gasteiger partial charge is 0.387 e. The monoisotopic (exact) mass is 255 g/mol. The molecule has 0 aromatic heterocycles. The standard InChI is InChI=1S/C14H19F2NO/c1-3-4-5-8-17(2)10-14(18)12-7-6-11(15)9-13(12)16/h3,6-7,9,14,18H,1,4-5,8,10H2,2H3. The Bertz CT molecular complexity index is 395. The summed E-state index contributed by atoms with van der Waals surface area (Å²) in [5.74, 6) is -1.34. The molecule has 1 aromatic rings. The number of aliphatic hydroxyl groups is 1. The van der Waals surface area contributed by atoms with E-state index in [9.17, 15) is 13.9 Å². The Labute approximate surface area is 107 Å². The second kappa shape index (κ2) is 7.24. The Morgan fingerprint density at radius 2 is 2.17 bits per heavy atom. The predicted molar refractivity (Wildman–Crippen MR) is 68.2 cm³/mol. The number of rotatable bonds is 7. The van der Waals surface area contributed by atoms with Gasteiger partial charge in [-0.3, -0.25) is 0 Å². The number of halogens is 2. The zero-order valence-electron chi connectivity index (χ0n) is 10.6. The third kappa shape index (κ3) is 4.55. The SMILES string of the molecule is C=CCCCN(C)CC(O)c1ccc(F)cc1F. The van der Waals surface area contributed by atoms with E-state index in [0.717, 1.165) is 31.5 Å². The molecule has 2 nitrogen and oxygen atoms in total. The van der Waals surface area contributed by atoms with Crippen molar-refractivity contribution in [2.45, 2.75) is 18.9 Å². The first kappa shape index (κ1) is 14.8. The summed E-state index contributed by atoms with van der Waals surface area (Å²) >= 11 is 0. The Balaban J connectivity index is 2.53. The van der Waals surface area contributed by atoms with Gasteiger partial charge >= 0.3 is 0 Å². The number of unbranched alkanes of at least 4 members (excludes halogenated alkanes) is 1. The third-order valence-corrected chi connectivity index (χ3v) is 2.75. The van der Waals surface area contributed by atoms with Gasteiger partial charge in [0.1, 0.15) is 11.6 Å². The Morgan fingerprint density at radius 3 is 2.78 bits per heavy atom. The number of aliphatic hydroxyl groups excluding tert-OH is 1. The molecule has 0 saturated carbocycles. The molecule has 1 rings (SSSR count). The van der Waals surface area contributed by atoms with Crippen LogP contribution in [-0.2, 0) is 0 Å². The Morgan fingerprint density at radius 1 is 1.44 bits per heavy atom. The van der Waals surface area contributed by atoms with Crippen LogP contribution >= 0.6 is 0 Å². The normalized spacial score (nSPS) is 12.7. The second-order valence-corrected chi connectivity index (χ2v) is 4.37. The Kier molecular flexibility index (Phi) is 5.95. The number of hydrogen-bond acceptors (Lipinski definition) is 2. The van der Waals surface area contributed by atoms with Crippen molar-refractivity contribution in [1.82, 2.24) is 4.90 Å². The maximum absolute atomic E-state index is 13.4.